The predicted octanol–water partition coefficient (Wildman–Crippen LogP) is 1.56. The lowest BCUT2D eigenvalue weighted by atomic mass is 9.65. The molecular formula is C8H6BClOS2. The molecule has 2 rings (SSSR count). The quantitative estimate of drug-likeness (QED) is 0.774. The van der Waals surface area contributed by atoms with Crippen LogP contribution in [0, 0.1) is 0 Å². The minimum Gasteiger partial charge on any atom is -0.442 e. The first-order valence-electron chi connectivity index (χ1n) is 3.73. The van der Waals surface area contributed by atoms with Gasteiger partial charge in [0.2, 0.25) is 0 Å². The molecule has 1 nitrogen and oxygen atoms in total. The Morgan fingerprint density at radius 1 is 1.23 bits per heavy atom. The van der Waals surface area contributed by atoms with Gasteiger partial charge in [0.05, 0.1) is 0 Å². The first-order chi connectivity index (χ1) is 6.29. The van der Waals surface area contributed by atoms with Crippen LogP contribution in [0.2, 0.25) is 5.02 Å². The molecule has 2 aromatic rings. The Hall–Kier alpha value is -0.285. The van der Waals surface area contributed by atoms with Crippen molar-refractivity contribution in [1.82, 2.24) is 0 Å². The van der Waals surface area contributed by atoms with Gasteiger partial charge < -0.3 is 5.02 Å². The van der Waals surface area contributed by atoms with Crippen LogP contribution in [0.4, 0.5) is 0 Å². The Kier molecular flexibility index (Phi) is 2.74. The third-order valence-electron chi connectivity index (χ3n) is 1.71. The van der Waals surface area contributed by atoms with Crippen molar-refractivity contribution >= 4 is 50.7 Å². The summed E-state index contributed by atoms with van der Waals surface area (Å²) in [6.07, 6.45) is 0. The molecule has 0 atom stereocenters. The first kappa shape index (κ1) is 9.28. The van der Waals surface area contributed by atoms with E-state index < -0.39 is 6.92 Å². The average Bonchev–Trinajstić information content (AvgIpc) is 2.72. The topological polar surface area (TPSA) is 20.2 Å². The van der Waals surface area contributed by atoms with Gasteiger partial charge in [0, 0.05) is 14.6 Å². The standard InChI is InChI=1S/C8H6BClOS2/c10-6-3-5-13-8(6)9(11)7-2-1-4-12-7/h1-5,11H. The van der Waals surface area contributed by atoms with E-state index >= 15 is 0 Å². The smallest absolute Gasteiger partial charge is 0.381 e. The number of hydrogen-bond donors (Lipinski definition) is 1. The van der Waals surface area contributed by atoms with E-state index in [2.05, 4.69) is 0 Å². The Morgan fingerprint density at radius 2 is 2.08 bits per heavy atom. The summed E-state index contributed by atoms with van der Waals surface area (Å²) in [5.74, 6) is 0. The Labute approximate surface area is 89.7 Å². The fourth-order valence-corrected chi connectivity index (χ4v) is 3.03. The second-order valence-corrected chi connectivity index (χ2v) is 4.88. The molecule has 0 spiro atoms. The lowest BCUT2D eigenvalue weighted by Gasteiger charge is -2.00. The first-order valence-corrected chi connectivity index (χ1v) is 5.87. The average molecular weight is 229 g/mol. The SMILES string of the molecule is OB(c1cccs1)c1sccc1Cl. The van der Waals surface area contributed by atoms with E-state index in [1.807, 2.05) is 22.9 Å². The van der Waals surface area contributed by atoms with Crippen LogP contribution in [0.25, 0.3) is 0 Å². The van der Waals surface area contributed by atoms with Crippen LogP contribution in [0.15, 0.2) is 29.0 Å². The summed E-state index contributed by atoms with van der Waals surface area (Å²) in [5, 5.41) is 14.4. The minimum atomic E-state index is -0.563. The third-order valence-corrected chi connectivity index (χ3v) is 4.04. The minimum absolute atomic E-state index is 0.563. The van der Waals surface area contributed by atoms with Crippen LogP contribution in [0.5, 0.6) is 0 Å². The fraction of sp³-hybridized carbons (Fsp3) is 0. The molecule has 0 aliphatic carbocycles. The van der Waals surface area contributed by atoms with Crippen LogP contribution in [0.3, 0.4) is 0 Å². The molecule has 5 heteroatoms. The molecule has 1 N–H and O–H groups in total. The lowest BCUT2D eigenvalue weighted by molar-refractivity contribution is 0.602. The van der Waals surface area contributed by atoms with Gasteiger partial charge in [-0.3, -0.25) is 0 Å². The van der Waals surface area contributed by atoms with Gasteiger partial charge in [-0.1, -0.05) is 23.7 Å². The van der Waals surface area contributed by atoms with Crippen molar-refractivity contribution in [3.8, 4) is 0 Å². The van der Waals surface area contributed by atoms with E-state index in [0.717, 1.165) is 9.55 Å². The van der Waals surface area contributed by atoms with Crippen molar-refractivity contribution in [3.63, 3.8) is 0 Å². The van der Waals surface area contributed by atoms with Crippen molar-refractivity contribution in [2.24, 2.45) is 0 Å². The van der Waals surface area contributed by atoms with Gasteiger partial charge in [0.15, 0.2) is 0 Å². The third kappa shape index (κ3) is 1.81. The number of thiophene rings is 2. The molecule has 0 aliphatic rings. The van der Waals surface area contributed by atoms with Crippen molar-refractivity contribution < 1.29 is 5.02 Å². The largest absolute Gasteiger partial charge is 0.442 e. The fourth-order valence-electron chi connectivity index (χ4n) is 1.08. The predicted molar refractivity (Wildman–Crippen MR) is 60.9 cm³/mol. The highest BCUT2D eigenvalue weighted by molar-refractivity contribution is 7.30. The molecule has 2 aromatic heterocycles. The maximum Gasteiger partial charge on any atom is 0.381 e. The van der Waals surface area contributed by atoms with Crippen LogP contribution >= 0.6 is 34.3 Å². The zero-order valence-electron chi connectivity index (χ0n) is 6.61. The van der Waals surface area contributed by atoms with Gasteiger partial charge in [-0.05, 0) is 16.8 Å². The molecule has 0 aromatic carbocycles. The number of hydrogen-bond acceptors (Lipinski definition) is 3. The highest BCUT2D eigenvalue weighted by Crippen LogP contribution is 2.11. The molecule has 0 amide bonds. The van der Waals surface area contributed by atoms with Crippen LogP contribution in [0.1, 0.15) is 0 Å². The summed E-state index contributed by atoms with van der Waals surface area (Å²) in [5.41, 5.74) is 0. The van der Waals surface area contributed by atoms with Crippen LogP contribution < -0.4 is 9.55 Å². The van der Waals surface area contributed by atoms with E-state index in [9.17, 15) is 5.02 Å². The molecular weight excluding hydrogens is 222 g/mol. The lowest BCUT2D eigenvalue weighted by Crippen LogP contribution is -2.39. The van der Waals surface area contributed by atoms with Crippen LogP contribution in [-0.4, -0.2) is 11.9 Å². The van der Waals surface area contributed by atoms with Gasteiger partial charge in [0.25, 0.3) is 0 Å². The Morgan fingerprint density at radius 3 is 2.62 bits per heavy atom. The van der Waals surface area contributed by atoms with E-state index in [1.165, 1.54) is 22.7 Å². The van der Waals surface area contributed by atoms with E-state index in [4.69, 9.17) is 11.6 Å². The zero-order chi connectivity index (χ0) is 9.26. The molecule has 0 aliphatic heterocycles. The second-order valence-electron chi connectivity index (χ2n) is 2.55. The summed E-state index contributed by atoms with van der Waals surface area (Å²) in [4.78, 5) is 0. The molecule has 0 unspecified atom stereocenters. The summed E-state index contributed by atoms with van der Waals surface area (Å²) >= 11 is 8.92. The van der Waals surface area contributed by atoms with Crippen molar-refractivity contribution in [1.29, 1.82) is 0 Å². The molecule has 0 saturated heterocycles. The monoisotopic (exact) mass is 228 g/mol. The highest BCUT2D eigenvalue weighted by atomic mass is 35.5. The number of halogens is 1. The molecule has 0 bridgehead atoms. The molecule has 0 fully saturated rings. The molecule has 0 radical (unpaired) electrons. The van der Waals surface area contributed by atoms with Gasteiger partial charge in [-0.15, -0.1) is 0 Å². The Balaban J connectivity index is 2.33. The van der Waals surface area contributed by atoms with Crippen molar-refractivity contribution in [2.45, 2.75) is 0 Å². The molecule has 0 saturated carbocycles. The van der Waals surface area contributed by atoms with E-state index in [-0.39, 0.29) is 0 Å². The summed E-state index contributed by atoms with van der Waals surface area (Å²) in [6.45, 7) is -0.563. The second kappa shape index (κ2) is 3.84. The van der Waals surface area contributed by atoms with Gasteiger partial charge in [-0.25, -0.2) is 0 Å². The summed E-state index contributed by atoms with van der Waals surface area (Å²) < 4.78 is 1.76. The molecule has 2 heterocycles. The number of rotatable bonds is 2. The summed E-state index contributed by atoms with van der Waals surface area (Å²) in [6, 6.07) is 5.63. The van der Waals surface area contributed by atoms with Crippen molar-refractivity contribution in [2.75, 3.05) is 0 Å². The maximum absolute atomic E-state index is 9.89. The highest BCUT2D eigenvalue weighted by Gasteiger charge is 2.21. The van der Waals surface area contributed by atoms with Gasteiger partial charge >= 0.3 is 6.92 Å². The van der Waals surface area contributed by atoms with Crippen LogP contribution in [-0.2, 0) is 0 Å². The van der Waals surface area contributed by atoms with E-state index in [0.29, 0.717) is 5.02 Å². The maximum atomic E-state index is 9.89. The Bertz CT molecular complexity index is 385. The van der Waals surface area contributed by atoms with E-state index in [1.54, 1.807) is 6.07 Å². The normalized spacial score (nSPS) is 10.3. The molecule has 66 valence electrons. The van der Waals surface area contributed by atoms with Gasteiger partial charge in [0.1, 0.15) is 0 Å². The van der Waals surface area contributed by atoms with Crippen molar-refractivity contribution in [3.05, 3.63) is 34.0 Å². The summed E-state index contributed by atoms with van der Waals surface area (Å²) in [7, 11) is 0. The molecule has 13 heavy (non-hydrogen) atoms. The van der Waals surface area contributed by atoms with Gasteiger partial charge in [-0.2, -0.15) is 22.7 Å². The zero-order valence-corrected chi connectivity index (χ0v) is 8.99.